The van der Waals surface area contributed by atoms with Crippen molar-refractivity contribution in [3.63, 3.8) is 0 Å². The number of halogens is 4. The summed E-state index contributed by atoms with van der Waals surface area (Å²) in [5.74, 6) is -2.83. The summed E-state index contributed by atoms with van der Waals surface area (Å²) in [6.45, 7) is 0.807. The lowest BCUT2D eigenvalue weighted by Gasteiger charge is -2.35. The van der Waals surface area contributed by atoms with Crippen molar-refractivity contribution in [2.45, 2.75) is 23.7 Å². The first kappa shape index (κ1) is 21.6. The van der Waals surface area contributed by atoms with Gasteiger partial charge in [-0.2, -0.15) is 17.9 Å². The monoisotopic (exact) mass is 420 g/mol. The molecule has 2 aromatic carbocycles. The molecule has 0 bridgehead atoms. The molecule has 0 saturated carbocycles. The first-order valence-electron chi connectivity index (χ1n) is 7.88. The zero-order chi connectivity index (χ0) is 21.0. The maximum Gasteiger partial charge on any atom is 0.437 e. The molecule has 11 heteroatoms. The second kappa shape index (κ2) is 8.15. The van der Waals surface area contributed by atoms with Gasteiger partial charge in [0.05, 0.1) is 11.5 Å². The van der Waals surface area contributed by atoms with Crippen LogP contribution >= 0.6 is 0 Å². The molecular weight excluding hydrogens is 404 g/mol. The Labute approximate surface area is 158 Å². The Morgan fingerprint density at radius 3 is 2.25 bits per heavy atom. The molecule has 0 aliphatic heterocycles. The summed E-state index contributed by atoms with van der Waals surface area (Å²) in [6, 6.07) is 9.95. The van der Waals surface area contributed by atoms with Crippen molar-refractivity contribution in [2.75, 3.05) is 11.9 Å². The summed E-state index contributed by atoms with van der Waals surface area (Å²) in [5, 5.41) is 1.75. The Hall–Kier alpha value is -2.66. The smallest absolute Gasteiger partial charge is 0.437 e. The van der Waals surface area contributed by atoms with E-state index in [4.69, 9.17) is 0 Å². The maximum atomic E-state index is 14.0. The van der Waals surface area contributed by atoms with Gasteiger partial charge >= 0.3 is 12.1 Å². The summed E-state index contributed by atoms with van der Waals surface area (Å²) in [7, 11) is -4.82. The van der Waals surface area contributed by atoms with Gasteiger partial charge in [-0.05, 0) is 37.3 Å². The van der Waals surface area contributed by atoms with Gasteiger partial charge in [0.1, 0.15) is 5.82 Å². The zero-order valence-corrected chi connectivity index (χ0v) is 15.3. The Balaban J connectivity index is 2.60. The summed E-state index contributed by atoms with van der Waals surface area (Å²) < 4.78 is 86.3. The van der Waals surface area contributed by atoms with Crippen LogP contribution in [0.4, 0.5) is 23.2 Å². The van der Waals surface area contributed by atoms with Gasteiger partial charge in [-0.15, -0.1) is 0 Å². The van der Waals surface area contributed by atoms with Crippen LogP contribution in [0.3, 0.4) is 0 Å². The minimum Gasteiger partial charge on any atom is -0.463 e. The largest absolute Gasteiger partial charge is 0.463 e. The number of benzene rings is 2. The highest BCUT2D eigenvalue weighted by Crippen LogP contribution is 2.34. The van der Waals surface area contributed by atoms with Gasteiger partial charge < -0.3 is 10.1 Å². The highest BCUT2D eigenvalue weighted by molar-refractivity contribution is 7.89. The number of sulfonamides is 1. The standard InChI is InChI=1S/C17H16F4N2O4S/c1-2-27-15(24)16(17(19,20)21,22-13-8-6-7-12(18)11-13)23-28(25,26)14-9-4-3-5-10-14/h3-11,22-23H,2H2,1H3. The van der Waals surface area contributed by atoms with Crippen LogP contribution < -0.4 is 10.0 Å². The number of anilines is 1. The average molecular weight is 420 g/mol. The number of esters is 1. The molecule has 0 radical (unpaired) electrons. The summed E-state index contributed by atoms with van der Waals surface area (Å²) in [6.07, 6.45) is -5.48. The first-order chi connectivity index (χ1) is 13.0. The fourth-order valence-electron chi connectivity index (χ4n) is 2.24. The quantitative estimate of drug-likeness (QED) is 0.409. The third-order valence-electron chi connectivity index (χ3n) is 3.50. The first-order valence-corrected chi connectivity index (χ1v) is 9.37. The molecule has 0 aliphatic rings. The van der Waals surface area contributed by atoms with Crippen molar-refractivity contribution >= 4 is 21.7 Å². The van der Waals surface area contributed by atoms with Crippen molar-refractivity contribution in [3.8, 4) is 0 Å². The number of rotatable bonds is 7. The van der Waals surface area contributed by atoms with Crippen molar-refractivity contribution in [3.05, 3.63) is 60.4 Å². The van der Waals surface area contributed by atoms with E-state index in [1.807, 2.05) is 0 Å². The number of nitrogens with one attached hydrogen (secondary N) is 2. The van der Waals surface area contributed by atoms with Crippen molar-refractivity contribution in [1.82, 2.24) is 4.72 Å². The third kappa shape index (κ3) is 4.60. The fraction of sp³-hybridized carbons (Fsp3) is 0.235. The van der Waals surface area contributed by atoms with E-state index in [9.17, 15) is 30.8 Å². The molecule has 152 valence electrons. The molecule has 2 rings (SSSR count). The van der Waals surface area contributed by atoms with Crippen molar-refractivity contribution < 1.29 is 35.5 Å². The number of alkyl halides is 3. The molecule has 1 atom stereocenters. The second-order valence-electron chi connectivity index (χ2n) is 5.52. The van der Waals surface area contributed by atoms with Gasteiger partial charge in [-0.3, -0.25) is 0 Å². The second-order valence-corrected chi connectivity index (χ2v) is 7.20. The zero-order valence-electron chi connectivity index (χ0n) is 14.5. The molecular formula is C17H16F4N2O4S. The van der Waals surface area contributed by atoms with Gasteiger partial charge in [0.15, 0.2) is 0 Å². The van der Waals surface area contributed by atoms with E-state index in [-0.39, 0.29) is 0 Å². The normalized spacial score (nSPS) is 14.2. The van der Waals surface area contributed by atoms with E-state index >= 15 is 0 Å². The van der Waals surface area contributed by atoms with Gasteiger partial charge in [-0.1, -0.05) is 24.3 Å². The van der Waals surface area contributed by atoms with Crippen LogP contribution in [0.15, 0.2) is 59.5 Å². The van der Waals surface area contributed by atoms with Crippen LogP contribution in [0.1, 0.15) is 6.92 Å². The predicted molar refractivity (Wildman–Crippen MR) is 92.2 cm³/mol. The molecule has 1 unspecified atom stereocenters. The molecule has 6 nitrogen and oxygen atoms in total. The fourth-order valence-corrected chi connectivity index (χ4v) is 3.53. The minimum absolute atomic E-state index is 0.450. The molecule has 28 heavy (non-hydrogen) atoms. The summed E-state index contributed by atoms with van der Waals surface area (Å²) in [5.41, 5.74) is -4.37. The molecule has 2 aromatic rings. The number of hydrogen-bond acceptors (Lipinski definition) is 5. The minimum atomic E-state index is -5.48. The summed E-state index contributed by atoms with van der Waals surface area (Å²) >= 11 is 0. The summed E-state index contributed by atoms with van der Waals surface area (Å²) in [4.78, 5) is 11.8. The lowest BCUT2D eigenvalue weighted by molar-refractivity contribution is -0.202. The maximum absolute atomic E-state index is 14.0. The van der Waals surface area contributed by atoms with E-state index in [1.54, 1.807) is 5.32 Å². The van der Waals surface area contributed by atoms with E-state index in [0.717, 1.165) is 30.3 Å². The highest BCUT2D eigenvalue weighted by atomic mass is 32.2. The lowest BCUT2D eigenvalue weighted by Crippen LogP contribution is -2.69. The Bertz CT molecular complexity index is 936. The van der Waals surface area contributed by atoms with Crippen LogP contribution in [0, 0.1) is 5.82 Å². The molecule has 0 heterocycles. The topological polar surface area (TPSA) is 84.5 Å². The van der Waals surface area contributed by atoms with Gasteiger partial charge in [0.2, 0.25) is 10.0 Å². The number of carbonyl (C=O) groups is 1. The van der Waals surface area contributed by atoms with Gasteiger partial charge in [0.25, 0.3) is 5.66 Å². The number of hydrogen-bond donors (Lipinski definition) is 2. The molecule has 0 fully saturated rings. The molecule has 0 aromatic heterocycles. The van der Waals surface area contributed by atoms with Crippen LogP contribution in [0.5, 0.6) is 0 Å². The van der Waals surface area contributed by atoms with Crippen molar-refractivity contribution in [2.24, 2.45) is 0 Å². The van der Waals surface area contributed by atoms with Crippen LogP contribution in [-0.2, 0) is 19.6 Å². The molecule has 0 saturated heterocycles. The number of carbonyl (C=O) groups excluding carboxylic acids is 1. The highest BCUT2D eigenvalue weighted by Gasteiger charge is 2.64. The Kier molecular flexibility index (Phi) is 6.30. The van der Waals surface area contributed by atoms with E-state index < -0.39 is 50.8 Å². The SMILES string of the molecule is CCOC(=O)C(Nc1cccc(F)c1)(NS(=O)(=O)c1ccccc1)C(F)(F)F. The Morgan fingerprint density at radius 2 is 1.71 bits per heavy atom. The predicted octanol–water partition coefficient (Wildman–Crippen LogP) is 3.04. The molecule has 0 aliphatic carbocycles. The lowest BCUT2D eigenvalue weighted by atomic mass is 10.1. The van der Waals surface area contributed by atoms with E-state index in [1.165, 1.54) is 29.8 Å². The van der Waals surface area contributed by atoms with E-state index in [2.05, 4.69) is 4.74 Å². The average Bonchev–Trinajstić information content (AvgIpc) is 2.61. The van der Waals surface area contributed by atoms with E-state index in [0.29, 0.717) is 6.07 Å². The molecule has 0 amide bonds. The third-order valence-corrected chi connectivity index (χ3v) is 4.97. The van der Waals surface area contributed by atoms with Crippen LogP contribution in [0.2, 0.25) is 0 Å². The molecule has 2 N–H and O–H groups in total. The van der Waals surface area contributed by atoms with Crippen LogP contribution in [0.25, 0.3) is 0 Å². The van der Waals surface area contributed by atoms with Gasteiger partial charge in [0, 0.05) is 5.69 Å². The molecule has 0 spiro atoms. The van der Waals surface area contributed by atoms with Gasteiger partial charge in [-0.25, -0.2) is 17.6 Å². The van der Waals surface area contributed by atoms with Crippen LogP contribution in [-0.4, -0.2) is 32.8 Å². The number of ether oxygens (including phenoxy) is 1. The van der Waals surface area contributed by atoms with Crippen molar-refractivity contribution in [1.29, 1.82) is 0 Å². The Morgan fingerprint density at radius 1 is 1.07 bits per heavy atom.